The summed E-state index contributed by atoms with van der Waals surface area (Å²) in [4.78, 5) is 26.3. The van der Waals surface area contributed by atoms with Gasteiger partial charge in [-0.05, 0) is 56.0 Å². The van der Waals surface area contributed by atoms with E-state index in [1.54, 1.807) is 18.3 Å². The molecular formula is C25H25N5O2S2. The van der Waals surface area contributed by atoms with Crippen molar-refractivity contribution in [3.8, 4) is 5.69 Å². The number of aromatic nitrogens is 3. The summed E-state index contributed by atoms with van der Waals surface area (Å²) in [6, 6.07) is 19.0. The summed E-state index contributed by atoms with van der Waals surface area (Å²) >= 11 is 2.92. The number of nitrogens with zero attached hydrogens (tertiary/aromatic N) is 3. The third-order valence-electron chi connectivity index (χ3n) is 5.15. The lowest BCUT2D eigenvalue weighted by molar-refractivity contribution is -0.119. The average Bonchev–Trinajstić information content (AvgIpc) is 3.46. The van der Waals surface area contributed by atoms with Crippen LogP contribution in [0.25, 0.3) is 5.69 Å². The minimum absolute atomic E-state index is 0.408. The molecule has 34 heavy (non-hydrogen) atoms. The molecule has 2 N–H and O–H groups in total. The van der Waals surface area contributed by atoms with E-state index in [9.17, 15) is 9.59 Å². The largest absolute Gasteiger partial charge is 0.325 e. The zero-order chi connectivity index (χ0) is 24.1. The molecule has 9 heteroatoms. The van der Waals surface area contributed by atoms with Gasteiger partial charge in [0.15, 0.2) is 5.16 Å². The van der Waals surface area contributed by atoms with Gasteiger partial charge in [0.2, 0.25) is 5.91 Å². The van der Waals surface area contributed by atoms with Gasteiger partial charge in [0, 0.05) is 22.7 Å². The summed E-state index contributed by atoms with van der Waals surface area (Å²) in [6.07, 6.45) is 0.638. The maximum atomic E-state index is 12.7. The Balaban J connectivity index is 1.47. The van der Waals surface area contributed by atoms with Crippen LogP contribution in [0.3, 0.4) is 0 Å². The van der Waals surface area contributed by atoms with Crippen molar-refractivity contribution >= 4 is 40.7 Å². The van der Waals surface area contributed by atoms with E-state index in [1.807, 2.05) is 78.4 Å². The molecule has 7 nitrogen and oxygen atoms in total. The number of amides is 3. The molecule has 0 radical (unpaired) electrons. The van der Waals surface area contributed by atoms with Crippen molar-refractivity contribution in [2.24, 2.45) is 0 Å². The number of carbonyl (C=O) groups excluding carboxylic acids is 2. The second-order valence-corrected chi connectivity index (χ2v) is 10.2. The number of rotatable bonds is 7. The Morgan fingerprint density at radius 3 is 2.56 bits per heavy atom. The molecule has 0 aliphatic heterocycles. The van der Waals surface area contributed by atoms with Gasteiger partial charge >= 0.3 is 6.03 Å². The summed E-state index contributed by atoms with van der Waals surface area (Å²) in [5.41, 5.74) is 3.62. The number of benzene rings is 2. The molecule has 0 fully saturated rings. The van der Waals surface area contributed by atoms with E-state index >= 15 is 0 Å². The maximum Gasteiger partial charge on any atom is 0.325 e. The highest BCUT2D eigenvalue weighted by molar-refractivity contribution is 8.00. The predicted molar refractivity (Wildman–Crippen MR) is 137 cm³/mol. The molecule has 2 aromatic carbocycles. The Morgan fingerprint density at radius 1 is 1.06 bits per heavy atom. The number of aryl methyl sites for hydroxylation is 2. The van der Waals surface area contributed by atoms with E-state index < -0.39 is 17.2 Å². The summed E-state index contributed by atoms with van der Waals surface area (Å²) < 4.78 is 1.96. The number of para-hydroxylation sites is 1. The first-order chi connectivity index (χ1) is 16.4. The molecule has 0 saturated carbocycles. The fourth-order valence-corrected chi connectivity index (χ4v) is 5.02. The molecule has 4 aromatic rings. The molecule has 2 heterocycles. The Bertz CT molecular complexity index is 1290. The minimum Gasteiger partial charge on any atom is -0.307 e. The summed E-state index contributed by atoms with van der Waals surface area (Å²) in [6.45, 7) is 5.64. The number of carbonyl (C=O) groups is 2. The van der Waals surface area contributed by atoms with Gasteiger partial charge in [-0.25, -0.2) is 4.79 Å². The average molecular weight is 492 g/mol. The lowest BCUT2D eigenvalue weighted by Crippen LogP contribution is -2.39. The lowest BCUT2D eigenvalue weighted by Gasteiger charge is -2.14. The van der Waals surface area contributed by atoms with Crippen LogP contribution in [0.2, 0.25) is 0 Å². The normalized spacial score (nSPS) is 11.7. The van der Waals surface area contributed by atoms with Gasteiger partial charge in [0.05, 0.1) is 5.25 Å². The Kier molecular flexibility index (Phi) is 7.44. The molecule has 0 saturated heterocycles. The van der Waals surface area contributed by atoms with Crippen LogP contribution in [0, 0.1) is 13.8 Å². The van der Waals surface area contributed by atoms with Gasteiger partial charge in [-0.3, -0.25) is 14.7 Å². The second-order valence-electron chi connectivity index (χ2n) is 7.85. The van der Waals surface area contributed by atoms with Crippen molar-refractivity contribution in [1.82, 2.24) is 20.1 Å². The van der Waals surface area contributed by atoms with Crippen LogP contribution in [0.1, 0.15) is 28.8 Å². The van der Waals surface area contributed by atoms with Crippen LogP contribution in [0.4, 0.5) is 10.5 Å². The minimum atomic E-state index is -0.564. The molecule has 2 aromatic heterocycles. The number of hydrogen-bond donors (Lipinski definition) is 2. The molecule has 4 rings (SSSR count). The van der Waals surface area contributed by atoms with E-state index in [2.05, 4.69) is 26.9 Å². The zero-order valence-corrected chi connectivity index (χ0v) is 20.7. The molecule has 0 aliphatic carbocycles. The summed E-state index contributed by atoms with van der Waals surface area (Å²) in [5.74, 6) is 0.381. The summed E-state index contributed by atoms with van der Waals surface area (Å²) in [7, 11) is 0. The molecule has 0 aliphatic rings. The van der Waals surface area contributed by atoms with Crippen LogP contribution in [-0.2, 0) is 11.2 Å². The summed E-state index contributed by atoms with van der Waals surface area (Å²) in [5, 5.41) is 16.0. The first-order valence-electron chi connectivity index (χ1n) is 10.8. The van der Waals surface area contributed by atoms with Gasteiger partial charge in [-0.2, -0.15) is 0 Å². The number of thioether (sulfide) groups is 1. The zero-order valence-electron chi connectivity index (χ0n) is 19.1. The number of urea groups is 1. The van der Waals surface area contributed by atoms with Gasteiger partial charge < -0.3 is 5.32 Å². The standard InChI is InChI=1S/C25H25N5O2S2/c1-16-11-12-21(17(2)14-16)26-24(32)27-23(31)18(3)34-25-29-28-22(15-20-10-7-13-33-20)30(25)19-8-5-4-6-9-19/h4-14,18H,15H2,1-3H3,(H2,26,27,31,32). The Hall–Kier alpha value is -3.43. The molecule has 174 valence electrons. The van der Waals surface area contributed by atoms with Crippen molar-refractivity contribution in [2.75, 3.05) is 5.32 Å². The fourth-order valence-electron chi connectivity index (χ4n) is 3.43. The van der Waals surface area contributed by atoms with Crippen LogP contribution >= 0.6 is 23.1 Å². The predicted octanol–water partition coefficient (Wildman–Crippen LogP) is 5.37. The number of nitrogens with one attached hydrogen (secondary N) is 2. The quantitative estimate of drug-likeness (QED) is 0.340. The Morgan fingerprint density at radius 2 is 1.85 bits per heavy atom. The smallest absolute Gasteiger partial charge is 0.307 e. The molecule has 0 bridgehead atoms. The molecule has 0 spiro atoms. The van der Waals surface area contributed by atoms with Crippen molar-refractivity contribution in [3.05, 3.63) is 87.9 Å². The maximum absolute atomic E-state index is 12.7. The van der Waals surface area contributed by atoms with E-state index in [0.29, 0.717) is 17.3 Å². The fraction of sp³-hybridized carbons (Fsp3) is 0.200. The number of imide groups is 1. The third-order valence-corrected chi connectivity index (χ3v) is 7.06. The highest BCUT2D eigenvalue weighted by Gasteiger charge is 2.23. The van der Waals surface area contributed by atoms with Crippen LogP contribution in [0.15, 0.2) is 71.2 Å². The van der Waals surface area contributed by atoms with E-state index in [4.69, 9.17) is 0 Å². The van der Waals surface area contributed by atoms with Crippen LogP contribution in [-0.4, -0.2) is 32.0 Å². The first-order valence-corrected chi connectivity index (χ1v) is 12.5. The van der Waals surface area contributed by atoms with Gasteiger partial charge in [0.1, 0.15) is 5.82 Å². The Labute approximate surface area is 206 Å². The topological polar surface area (TPSA) is 88.9 Å². The lowest BCUT2D eigenvalue weighted by atomic mass is 10.1. The van der Waals surface area contributed by atoms with E-state index in [0.717, 1.165) is 22.6 Å². The molecule has 1 atom stereocenters. The highest BCUT2D eigenvalue weighted by Crippen LogP contribution is 2.27. The number of hydrogen-bond acceptors (Lipinski definition) is 6. The highest BCUT2D eigenvalue weighted by atomic mass is 32.2. The van der Waals surface area contributed by atoms with Gasteiger partial charge in [0.25, 0.3) is 0 Å². The number of thiophene rings is 1. The van der Waals surface area contributed by atoms with Crippen molar-refractivity contribution in [2.45, 2.75) is 37.6 Å². The monoisotopic (exact) mass is 491 g/mol. The van der Waals surface area contributed by atoms with Crippen molar-refractivity contribution in [3.63, 3.8) is 0 Å². The third kappa shape index (κ3) is 5.73. The van der Waals surface area contributed by atoms with Gasteiger partial charge in [-0.1, -0.05) is 53.7 Å². The second kappa shape index (κ2) is 10.7. The van der Waals surface area contributed by atoms with Crippen LogP contribution < -0.4 is 10.6 Å². The van der Waals surface area contributed by atoms with Crippen LogP contribution in [0.5, 0.6) is 0 Å². The number of anilines is 1. The van der Waals surface area contributed by atoms with E-state index in [1.165, 1.54) is 16.6 Å². The molecular weight excluding hydrogens is 466 g/mol. The SMILES string of the molecule is Cc1ccc(NC(=O)NC(=O)C(C)Sc2nnc(Cc3cccs3)n2-c2ccccc2)c(C)c1. The van der Waals surface area contributed by atoms with Gasteiger partial charge in [-0.15, -0.1) is 21.5 Å². The first kappa shape index (κ1) is 23.7. The van der Waals surface area contributed by atoms with Crippen molar-refractivity contribution < 1.29 is 9.59 Å². The van der Waals surface area contributed by atoms with E-state index in [-0.39, 0.29) is 0 Å². The van der Waals surface area contributed by atoms with Crippen molar-refractivity contribution in [1.29, 1.82) is 0 Å². The molecule has 1 unspecified atom stereocenters. The molecule has 3 amide bonds.